The van der Waals surface area contributed by atoms with Crippen molar-refractivity contribution in [1.29, 1.82) is 0 Å². The zero-order valence-electron chi connectivity index (χ0n) is 14.8. The van der Waals surface area contributed by atoms with Crippen LogP contribution in [0.3, 0.4) is 0 Å². The summed E-state index contributed by atoms with van der Waals surface area (Å²) in [5.74, 6) is 0.832. The van der Waals surface area contributed by atoms with Gasteiger partial charge < -0.3 is 15.4 Å². The lowest BCUT2D eigenvalue weighted by molar-refractivity contribution is 0.178. The van der Waals surface area contributed by atoms with E-state index in [0.717, 1.165) is 32.0 Å². The van der Waals surface area contributed by atoms with Gasteiger partial charge in [-0.2, -0.15) is 0 Å². The summed E-state index contributed by atoms with van der Waals surface area (Å²) in [6.45, 7) is 8.05. The van der Waals surface area contributed by atoms with Crippen molar-refractivity contribution in [2.45, 2.75) is 38.9 Å². The minimum atomic E-state index is 0.239. The fourth-order valence-corrected chi connectivity index (χ4v) is 2.99. The third kappa shape index (κ3) is 5.22. The molecule has 1 aromatic carbocycles. The smallest absolute Gasteiger partial charge is 0.191 e. The van der Waals surface area contributed by atoms with Crippen LogP contribution < -0.4 is 10.6 Å². The van der Waals surface area contributed by atoms with Crippen molar-refractivity contribution in [2.24, 2.45) is 4.99 Å². The predicted molar refractivity (Wildman–Crippen MR) is 95.9 cm³/mol. The van der Waals surface area contributed by atoms with Crippen molar-refractivity contribution in [3.05, 3.63) is 35.4 Å². The van der Waals surface area contributed by atoms with Gasteiger partial charge in [0.2, 0.25) is 0 Å². The number of hydrogen-bond acceptors (Lipinski definition) is 3. The van der Waals surface area contributed by atoms with Crippen molar-refractivity contribution in [2.75, 3.05) is 33.9 Å². The molecule has 0 bridgehead atoms. The molecule has 1 heterocycles. The maximum Gasteiger partial charge on any atom is 0.191 e. The predicted octanol–water partition coefficient (Wildman–Crippen LogP) is 1.63. The van der Waals surface area contributed by atoms with Crippen molar-refractivity contribution in [3.8, 4) is 0 Å². The first-order valence-electron chi connectivity index (χ1n) is 8.41. The maximum atomic E-state index is 5.15. The highest BCUT2D eigenvalue weighted by atomic mass is 16.5. The molecule has 1 aliphatic heterocycles. The summed E-state index contributed by atoms with van der Waals surface area (Å²) in [5.41, 5.74) is 2.96. The third-order valence-electron chi connectivity index (χ3n) is 4.37. The highest BCUT2D eigenvalue weighted by Crippen LogP contribution is 2.19. The Labute approximate surface area is 140 Å². The molecule has 2 rings (SSSR count). The van der Waals surface area contributed by atoms with Gasteiger partial charge in [0.25, 0.3) is 0 Å². The van der Waals surface area contributed by atoms with Crippen LogP contribution in [-0.2, 0) is 17.7 Å². The average Bonchev–Trinajstić information content (AvgIpc) is 2.58. The molecule has 0 aromatic heterocycles. The molecule has 0 saturated carbocycles. The molecular weight excluding hydrogens is 288 g/mol. The Morgan fingerprint density at radius 1 is 1.30 bits per heavy atom. The number of rotatable bonds is 6. The van der Waals surface area contributed by atoms with E-state index in [0.29, 0.717) is 12.6 Å². The number of aliphatic imine (C=N–C) groups is 1. The number of methoxy groups -OCH3 is 1. The molecule has 0 fully saturated rings. The fraction of sp³-hybridized carbons (Fsp3) is 0.611. The molecular formula is C18H30N4O. The van der Waals surface area contributed by atoms with Crippen molar-refractivity contribution < 1.29 is 4.74 Å². The molecule has 5 nitrogen and oxygen atoms in total. The van der Waals surface area contributed by atoms with Gasteiger partial charge in [-0.1, -0.05) is 24.3 Å². The van der Waals surface area contributed by atoms with Crippen LogP contribution in [0.5, 0.6) is 0 Å². The van der Waals surface area contributed by atoms with Crippen molar-refractivity contribution >= 4 is 5.96 Å². The quantitative estimate of drug-likeness (QED) is 0.618. The third-order valence-corrected chi connectivity index (χ3v) is 4.37. The molecule has 1 aromatic rings. The van der Waals surface area contributed by atoms with E-state index in [-0.39, 0.29) is 6.04 Å². The molecule has 1 aliphatic rings. The number of hydrogen-bond donors (Lipinski definition) is 2. The van der Waals surface area contributed by atoms with Crippen LogP contribution in [0, 0.1) is 0 Å². The second-order valence-corrected chi connectivity index (χ2v) is 6.29. The normalized spacial score (nSPS) is 18.2. The monoisotopic (exact) mass is 318 g/mol. The molecule has 0 saturated heterocycles. The van der Waals surface area contributed by atoms with E-state index in [2.05, 4.69) is 58.6 Å². The Balaban J connectivity index is 1.82. The number of benzene rings is 1. The molecule has 2 unspecified atom stereocenters. The molecule has 128 valence electrons. The maximum absolute atomic E-state index is 5.15. The van der Waals surface area contributed by atoms with Gasteiger partial charge in [-0.15, -0.1) is 0 Å². The lowest BCUT2D eigenvalue weighted by atomic mass is 9.99. The molecule has 2 N–H and O–H groups in total. The van der Waals surface area contributed by atoms with Gasteiger partial charge in [-0.25, -0.2) is 0 Å². The van der Waals surface area contributed by atoms with Gasteiger partial charge in [0, 0.05) is 45.9 Å². The van der Waals surface area contributed by atoms with Crippen LogP contribution >= 0.6 is 0 Å². The Kier molecular flexibility index (Phi) is 6.86. The van der Waals surface area contributed by atoms with E-state index in [1.54, 1.807) is 14.2 Å². The van der Waals surface area contributed by atoms with E-state index >= 15 is 0 Å². The van der Waals surface area contributed by atoms with Crippen LogP contribution in [0.25, 0.3) is 0 Å². The van der Waals surface area contributed by atoms with Crippen molar-refractivity contribution in [3.63, 3.8) is 0 Å². The first-order valence-corrected chi connectivity index (χ1v) is 8.41. The van der Waals surface area contributed by atoms with E-state index in [9.17, 15) is 0 Å². The standard InChI is InChI=1S/C18H30N4O/c1-14(13-23-4)21-18(19-3)20-11-15(2)22-10-9-16-7-5-6-8-17(16)12-22/h5-8,14-15H,9-13H2,1-4H3,(H2,19,20,21). The summed E-state index contributed by atoms with van der Waals surface area (Å²) in [6, 6.07) is 9.46. The summed E-state index contributed by atoms with van der Waals surface area (Å²) in [4.78, 5) is 6.81. The van der Waals surface area contributed by atoms with Gasteiger partial charge in [0.1, 0.15) is 0 Å². The number of nitrogens with zero attached hydrogens (tertiary/aromatic N) is 2. The summed E-state index contributed by atoms with van der Waals surface area (Å²) < 4.78 is 5.15. The van der Waals surface area contributed by atoms with Gasteiger partial charge in [-0.05, 0) is 31.4 Å². The summed E-state index contributed by atoms with van der Waals surface area (Å²) in [5, 5.41) is 6.76. The highest BCUT2D eigenvalue weighted by Gasteiger charge is 2.20. The largest absolute Gasteiger partial charge is 0.383 e. The minimum Gasteiger partial charge on any atom is -0.383 e. The van der Waals surface area contributed by atoms with Crippen molar-refractivity contribution in [1.82, 2.24) is 15.5 Å². The lowest BCUT2D eigenvalue weighted by Gasteiger charge is -2.34. The Morgan fingerprint density at radius 2 is 2.04 bits per heavy atom. The van der Waals surface area contributed by atoms with Gasteiger partial charge >= 0.3 is 0 Å². The number of fused-ring (bicyclic) bond motifs is 1. The van der Waals surface area contributed by atoms with E-state index in [4.69, 9.17) is 4.74 Å². The average molecular weight is 318 g/mol. The lowest BCUT2D eigenvalue weighted by Crippen LogP contribution is -2.49. The Bertz CT molecular complexity index is 517. The molecule has 0 aliphatic carbocycles. The Morgan fingerprint density at radius 3 is 2.74 bits per heavy atom. The zero-order chi connectivity index (χ0) is 16.7. The molecule has 0 spiro atoms. The SMILES string of the molecule is CN=C(NCC(C)N1CCc2ccccc2C1)NC(C)COC. The topological polar surface area (TPSA) is 48.9 Å². The van der Waals surface area contributed by atoms with Crippen LogP contribution in [0.15, 0.2) is 29.3 Å². The summed E-state index contributed by atoms with van der Waals surface area (Å²) in [7, 11) is 3.52. The zero-order valence-corrected chi connectivity index (χ0v) is 14.8. The number of guanidine groups is 1. The van der Waals surface area contributed by atoms with Gasteiger partial charge in [0.05, 0.1) is 6.61 Å². The van der Waals surface area contributed by atoms with Gasteiger partial charge in [-0.3, -0.25) is 9.89 Å². The molecule has 0 radical (unpaired) electrons. The van der Waals surface area contributed by atoms with Crippen LogP contribution in [0.2, 0.25) is 0 Å². The van der Waals surface area contributed by atoms with E-state index in [1.165, 1.54) is 11.1 Å². The fourth-order valence-electron chi connectivity index (χ4n) is 2.99. The van der Waals surface area contributed by atoms with Gasteiger partial charge in [0.15, 0.2) is 5.96 Å². The Hall–Kier alpha value is -1.59. The second kappa shape index (κ2) is 8.89. The molecule has 2 atom stereocenters. The number of nitrogens with one attached hydrogen (secondary N) is 2. The van der Waals surface area contributed by atoms with Crippen LogP contribution in [0.1, 0.15) is 25.0 Å². The number of ether oxygens (including phenoxy) is 1. The van der Waals surface area contributed by atoms with E-state index < -0.39 is 0 Å². The van der Waals surface area contributed by atoms with Crippen LogP contribution in [-0.4, -0.2) is 56.8 Å². The summed E-state index contributed by atoms with van der Waals surface area (Å²) in [6.07, 6.45) is 1.14. The molecule has 23 heavy (non-hydrogen) atoms. The first-order chi connectivity index (χ1) is 11.1. The highest BCUT2D eigenvalue weighted by molar-refractivity contribution is 5.79. The summed E-state index contributed by atoms with van der Waals surface area (Å²) >= 11 is 0. The second-order valence-electron chi connectivity index (χ2n) is 6.29. The molecule has 5 heteroatoms. The molecule has 0 amide bonds. The van der Waals surface area contributed by atoms with E-state index in [1.807, 2.05) is 0 Å². The van der Waals surface area contributed by atoms with Crippen LogP contribution in [0.4, 0.5) is 0 Å². The first kappa shape index (κ1) is 17.8. The minimum absolute atomic E-state index is 0.239.